The number of aromatic nitrogens is 2. The lowest BCUT2D eigenvalue weighted by Crippen LogP contribution is -2.23. The second-order valence-corrected chi connectivity index (χ2v) is 5.62. The van der Waals surface area contributed by atoms with Crippen LogP contribution in [0, 0.1) is 5.82 Å². The van der Waals surface area contributed by atoms with Crippen molar-refractivity contribution in [1.29, 1.82) is 0 Å². The molecule has 0 fully saturated rings. The Kier molecular flexibility index (Phi) is 4.20. The highest BCUT2D eigenvalue weighted by molar-refractivity contribution is 9.10. The quantitative estimate of drug-likeness (QED) is 0.714. The SMILES string of the molecule is O=c1c2cc(Br)ccc2ncn1CCOc1ccc(F)cc1. The summed E-state index contributed by atoms with van der Waals surface area (Å²) >= 11 is 3.35. The van der Waals surface area contributed by atoms with Crippen molar-refractivity contribution in [2.75, 3.05) is 6.61 Å². The average molecular weight is 363 g/mol. The first-order chi connectivity index (χ1) is 10.6. The van der Waals surface area contributed by atoms with Crippen molar-refractivity contribution in [3.63, 3.8) is 0 Å². The Hall–Kier alpha value is -2.21. The minimum Gasteiger partial charge on any atom is -0.492 e. The van der Waals surface area contributed by atoms with E-state index in [2.05, 4.69) is 20.9 Å². The molecule has 6 heteroatoms. The zero-order valence-corrected chi connectivity index (χ0v) is 13.1. The Morgan fingerprint density at radius 1 is 1.18 bits per heavy atom. The van der Waals surface area contributed by atoms with Crippen molar-refractivity contribution in [2.45, 2.75) is 6.54 Å². The molecule has 0 saturated carbocycles. The van der Waals surface area contributed by atoms with Crippen LogP contribution in [-0.2, 0) is 6.54 Å². The molecule has 22 heavy (non-hydrogen) atoms. The highest BCUT2D eigenvalue weighted by atomic mass is 79.9. The van der Waals surface area contributed by atoms with Crippen LogP contribution < -0.4 is 10.3 Å². The van der Waals surface area contributed by atoms with Crippen LogP contribution >= 0.6 is 15.9 Å². The maximum absolute atomic E-state index is 12.8. The molecule has 112 valence electrons. The normalized spacial score (nSPS) is 10.8. The van der Waals surface area contributed by atoms with Crippen molar-refractivity contribution in [1.82, 2.24) is 9.55 Å². The second kappa shape index (κ2) is 6.27. The van der Waals surface area contributed by atoms with Crippen LogP contribution in [0.15, 0.2) is 58.1 Å². The zero-order valence-electron chi connectivity index (χ0n) is 11.5. The summed E-state index contributed by atoms with van der Waals surface area (Å²) in [7, 11) is 0. The van der Waals surface area contributed by atoms with E-state index in [1.165, 1.54) is 23.0 Å². The molecular weight excluding hydrogens is 351 g/mol. The van der Waals surface area contributed by atoms with E-state index in [0.717, 1.165) is 4.47 Å². The second-order valence-electron chi connectivity index (χ2n) is 4.71. The highest BCUT2D eigenvalue weighted by Gasteiger charge is 2.05. The van der Waals surface area contributed by atoms with Crippen molar-refractivity contribution in [2.24, 2.45) is 0 Å². The lowest BCUT2D eigenvalue weighted by molar-refractivity contribution is 0.295. The summed E-state index contributed by atoms with van der Waals surface area (Å²) in [4.78, 5) is 16.6. The minimum atomic E-state index is -0.312. The number of halogens is 2. The first-order valence-corrected chi connectivity index (χ1v) is 7.46. The summed E-state index contributed by atoms with van der Waals surface area (Å²) in [5.41, 5.74) is 0.540. The van der Waals surface area contributed by atoms with Crippen LogP contribution in [0.25, 0.3) is 10.9 Å². The van der Waals surface area contributed by atoms with Gasteiger partial charge in [-0.05, 0) is 42.5 Å². The predicted molar refractivity (Wildman–Crippen MR) is 85.6 cm³/mol. The van der Waals surface area contributed by atoms with Gasteiger partial charge in [-0.2, -0.15) is 0 Å². The van der Waals surface area contributed by atoms with E-state index in [1.807, 2.05) is 6.07 Å². The van der Waals surface area contributed by atoms with E-state index in [1.54, 1.807) is 24.3 Å². The molecular formula is C16H12BrFN2O2. The summed E-state index contributed by atoms with van der Waals surface area (Å²) in [5, 5.41) is 0.554. The number of hydrogen-bond donors (Lipinski definition) is 0. The van der Waals surface area contributed by atoms with E-state index in [-0.39, 0.29) is 11.4 Å². The van der Waals surface area contributed by atoms with Gasteiger partial charge in [0.1, 0.15) is 18.2 Å². The fourth-order valence-corrected chi connectivity index (χ4v) is 2.44. The van der Waals surface area contributed by atoms with Gasteiger partial charge in [-0.15, -0.1) is 0 Å². The maximum Gasteiger partial charge on any atom is 0.261 e. The fraction of sp³-hybridized carbons (Fsp3) is 0.125. The van der Waals surface area contributed by atoms with Crippen molar-refractivity contribution in [3.8, 4) is 5.75 Å². The van der Waals surface area contributed by atoms with Crippen molar-refractivity contribution < 1.29 is 9.13 Å². The largest absolute Gasteiger partial charge is 0.492 e. The van der Waals surface area contributed by atoms with E-state index < -0.39 is 0 Å². The molecule has 0 aliphatic carbocycles. The Labute approximate surface area is 134 Å². The molecule has 0 unspecified atom stereocenters. The first kappa shape index (κ1) is 14.7. The van der Waals surface area contributed by atoms with Gasteiger partial charge in [0.2, 0.25) is 0 Å². The van der Waals surface area contributed by atoms with E-state index in [0.29, 0.717) is 29.8 Å². The molecule has 0 spiro atoms. The maximum atomic E-state index is 12.8. The Bertz CT molecular complexity index is 862. The van der Waals surface area contributed by atoms with E-state index in [4.69, 9.17) is 4.74 Å². The lowest BCUT2D eigenvalue weighted by atomic mass is 10.2. The third-order valence-electron chi connectivity index (χ3n) is 3.20. The van der Waals surface area contributed by atoms with Gasteiger partial charge in [0.25, 0.3) is 5.56 Å². The summed E-state index contributed by atoms with van der Waals surface area (Å²) in [5.74, 6) is 0.249. The summed E-state index contributed by atoms with van der Waals surface area (Å²) < 4.78 is 20.6. The summed E-state index contributed by atoms with van der Waals surface area (Å²) in [6.07, 6.45) is 1.51. The summed E-state index contributed by atoms with van der Waals surface area (Å²) in [6, 6.07) is 11.1. The molecule has 0 radical (unpaired) electrons. The number of fused-ring (bicyclic) bond motifs is 1. The van der Waals surface area contributed by atoms with Crippen LogP contribution in [-0.4, -0.2) is 16.2 Å². The molecule has 4 nitrogen and oxygen atoms in total. The number of hydrogen-bond acceptors (Lipinski definition) is 3. The van der Waals surface area contributed by atoms with Crippen LogP contribution in [0.2, 0.25) is 0 Å². The highest BCUT2D eigenvalue weighted by Crippen LogP contribution is 2.15. The molecule has 1 heterocycles. The van der Waals surface area contributed by atoms with Gasteiger partial charge in [0.15, 0.2) is 0 Å². The minimum absolute atomic E-state index is 0.117. The predicted octanol–water partition coefficient (Wildman–Crippen LogP) is 3.38. The molecule has 0 amide bonds. The molecule has 1 aromatic heterocycles. The molecule has 3 aromatic rings. The smallest absolute Gasteiger partial charge is 0.261 e. The average Bonchev–Trinajstić information content (AvgIpc) is 2.52. The Morgan fingerprint density at radius 3 is 2.73 bits per heavy atom. The van der Waals surface area contributed by atoms with Crippen LogP contribution in [0.4, 0.5) is 4.39 Å². The Morgan fingerprint density at radius 2 is 1.95 bits per heavy atom. The molecule has 0 aliphatic rings. The van der Waals surface area contributed by atoms with E-state index in [9.17, 15) is 9.18 Å². The zero-order chi connectivity index (χ0) is 15.5. The number of nitrogens with zero attached hydrogens (tertiary/aromatic N) is 2. The van der Waals surface area contributed by atoms with Crippen LogP contribution in [0.1, 0.15) is 0 Å². The monoisotopic (exact) mass is 362 g/mol. The fourth-order valence-electron chi connectivity index (χ4n) is 2.08. The number of rotatable bonds is 4. The standard InChI is InChI=1S/C16H12BrFN2O2/c17-11-1-6-15-14(9-11)16(21)20(10-19-15)7-8-22-13-4-2-12(18)3-5-13/h1-6,9-10H,7-8H2. The molecule has 3 rings (SSSR count). The first-order valence-electron chi connectivity index (χ1n) is 6.66. The molecule has 2 aromatic carbocycles. The third-order valence-corrected chi connectivity index (χ3v) is 3.69. The topological polar surface area (TPSA) is 44.1 Å². The molecule has 0 bridgehead atoms. The molecule has 0 atom stereocenters. The number of benzene rings is 2. The van der Waals surface area contributed by atoms with Gasteiger partial charge >= 0.3 is 0 Å². The lowest BCUT2D eigenvalue weighted by Gasteiger charge is -2.09. The Balaban J connectivity index is 1.75. The van der Waals surface area contributed by atoms with Gasteiger partial charge in [-0.1, -0.05) is 15.9 Å². The molecule has 0 aliphatic heterocycles. The third kappa shape index (κ3) is 3.17. The van der Waals surface area contributed by atoms with Crippen LogP contribution in [0.3, 0.4) is 0 Å². The van der Waals surface area contributed by atoms with Crippen molar-refractivity contribution in [3.05, 3.63) is 69.4 Å². The van der Waals surface area contributed by atoms with Gasteiger partial charge in [-0.25, -0.2) is 9.37 Å². The summed E-state index contributed by atoms with van der Waals surface area (Å²) in [6.45, 7) is 0.665. The molecule has 0 saturated heterocycles. The van der Waals surface area contributed by atoms with Gasteiger partial charge in [-0.3, -0.25) is 9.36 Å². The van der Waals surface area contributed by atoms with E-state index >= 15 is 0 Å². The van der Waals surface area contributed by atoms with Gasteiger partial charge in [0, 0.05) is 4.47 Å². The van der Waals surface area contributed by atoms with Crippen molar-refractivity contribution >= 4 is 26.8 Å². The van der Waals surface area contributed by atoms with Crippen LogP contribution in [0.5, 0.6) is 5.75 Å². The molecule has 0 N–H and O–H groups in total. The van der Waals surface area contributed by atoms with Gasteiger partial charge in [0.05, 0.1) is 23.8 Å². The number of ether oxygens (including phenoxy) is 1. The van der Waals surface area contributed by atoms with Gasteiger partial charge < -0.3 is 4.74 Å².